The van der Waals surface area contributed by atoms with Gasteiger partial charge in [0.05, 0.1) is 13.1 Å². The van der Waals surface area contributed by atoms with Gasteiger partial charge in [-0.05, 0) is 37.0 Å². The Morgan fingerprint density at radius 2 is 1.73 bits per heavy atom. The number of para-hydroxylation sites is 1. The van der Waals surface area contributed by atoms with E-state index in [1.54, 1.807) is 4.90 Å². The summed E-state index contributed by atoms with van der Waals surface area (Å²) < 4.78 is 5.33. The standard InChI is InChI=1S/C21H24N2O3/c24-20(14-8-7-11-17-9-3-1-4-10-17)22-15-19-16-23(21(25)26-19)18-12-5-2-6-13-18/h1-6,9-10,12-13,19H,7-8,11,14-16H2,(H,22,24). The van der Waals surface area contributed by atoms with E-state index in [1.165, 1.54) is 5.56 Å². The van der Waals surface area contributed by atoms with Gasteiger partial charge in [-0.3, -0.25) is 9.69 Å². The normalized spacial score (nSPS) is 16.4. The lowest BCUT2D eigenvalue weighted by Crippen LogP contribution is -2.34. The third-order valence-corrected chi connectivity index (χ3v) is 4.43. The van der Waals surface area contributed by atoms with Gasteiger partial charge in [0.15, 0.2) is 0 Å². The Labute approximate surface area is 154 Å². The number of carbonyl (C=O) groups is 2. The van der Waals surface area contributed by atoms with Crippen molar-refractivity contribution in [2.45, 2.75) is 31.8 Å². The molecule has 1 fully saturated rings. The second kappa shape index (κ2) is 9.04. The zero-order chi connectivity index (χ0) is 18.2. The second-order valence-electron chi connectivity index (χ2n) is 6.45. The van der Waals surface area contributed by atoms with Gasteiger partial charge in [-0.25, -0.2) is 4.79 Å². The number of nitrogens with one attached hydrogen (secondary N) is 1. The number of amides is 2. The van der Waals surface area contributed by atoms with Crippen LogP contribution < -0.4 is 10.2 Å². The molecule has 0 aliphatic carbocycles. The lowest BCUT2D eigenvalue weighted by molar-refractivity contribution is -0.121. The number of rotatable bonds is 8. The molecule has 1 aliphatic heterocycles. The average molecular weight is 352 g/mol. The topological polar surface area (TPSA) is 58.6 Å². The molecule has 1 heterocycles. The smallest absolute Gasteiger partial charge is 0.414 e. The first-order valence-corrected chi connectivity index (χ1v) is 9.06. The van der Waals surface area contributed by atoms with E-state index in [-0.39, 0.29) is 18.1 Å². The quantitative estimate of drug-likeness (QED) is 0.739. The molecule has 1 unspecified atom stereocenters. The van der Waals surface area contributed by atoms with Gasteiger partial charge >= 0.3 is 6.09 Å². The van der Waals surface area contributed by atoms with Crippen molar-refractivity contribution in [3.05, 3.63) is 66.2 Å². The molecule has 5 nitrogen and oxygen atoms in total. The van der Waals surface area contributed by atoms with E-state index >= 15 is 0 Å². The van der Waals surface area contributed by atoms with E-state index in [0.29, 0.717) is 19.5 Å². The van der Waals surface area contributed by atoms with Crippen molar-refractivity contribution in [3.63, 3.8) is 0 Å². The lowest BCUT2D eigenvalue weighted by atomic mass is 10.1. The molecule has 1 saturated heterocycles. The molecule has 0 saturated carbocycles. The number of hydrogen-bond acceptors (Lipinski definition) is 3. The average Bonchev–Trinajstić information content (AvgIpc) is 3.06. The van der Waals surface area contributed by atoms with Crippen LogP contribution in [0.4, 0.5) is 10.5 Å². The molecular weight excluding hydrogens is 328 g/mol. The third kappa shape index (κ3) is 5.09. The Kier molecular flexibility index (Phi) is 6.25. The minimum Gasteiger partial charge on any atom is -0.442 e. The zero-order valence-electron chi connectivity index (χ0n) is 14.8. The molecule has 0 bridgehead atoms. The largest absolute Gasteiger partial charge is 0.442 e. The van der Waals surface area contributed by atoms with Crippen molar-refractivity contribution in [1.82, 2.24) is 5.32 Å². The predicted octanol–water partition coefficient (Wildman–Crippen LogP) is 3.54. The van der Waals surface area contributed by atoms with E-state index in [2.05, 4.69) is 17.4 Å². The first kappa shape index (κ1) is 18.0. The Morgan fingerprint density at radius 1 is 1.04 bits per heavy atom. The number of hydrogen-bond donors (Lipinski definition) is 1. The predicted molar refractivity (Wildman–Crippen MR) is 101 cm³/mol. The van der Waals surface area contributed by atoms with Crippen LogP contribution in [0.25, 0.3) is 0 Å². The number of ether oxygens (including phenoxy) is 1. The van der Waals surface area contributed by atoms with E-state index < -0.39 is 0 Å². The maximum absolute atomic E-state index is 12.0. The van der Waals surface area contributed by atoms with Crippen LogP contribution in [-0.2, 0) is 16.0 Å². The molecule has 2 aromatic carbocycles. The fourth-order valence-corrected chi connectivity index (χ4v) is 3.02. The molecule has 1 aliphatic rings. The number of carbonyl (C=O) groups excluding carboxylic acids is 2. The van der Waals surface area contributed by atoms with E-state index in [0.717, 1.165) is 24.9 Å². The highest BCUT2D eigenvalue weighted by atomic mass is 16.6. The molecular formula is C21H24N2O3. The molecule has 1 atom stereocenters. The molecule has 0 radical (unpaired) electrons. The van der Waals surface area contributed by atoms with Crippen molar-refractivity contribution < 1.29 is 14.3 Å². The summed E-state index contributed by atoms with van der Waals surface area (Å²) in [6.07, 6.45) is 2.64. The molecule has 136 valence electrons. The number of cyclic esters (lactones) is 1. The minimum absolute atomic E-state index is 0.00673. The summed E-state index contributed by atoms with van der Waals surface area (Å²) in [6.45, 7) is 0.809. The van der Waals surface area contributed by atoms with Gasteiger partial charge < -0.3 is 10.1 Å². The number of benzene rings is 2. The summed E-state index contributed by atoms with van der Waals surface area (Å²) in [5.74, 6) is 0.00673. The second-order valence-corrected chi connectivity index (χ2v) is 6.45. The van der Waals surface area contributed by atoms with Gasteiger partial charge in [0, 0.05) is 12.1 Å². The number of nitrogens with zero attached hydrogens (tertiary/aromatic N) is 1. The van der Waals surface area contributed by atoms with Gasteiger partial charge in [-0.2, -0.15) is 0 Å². The highest BCUT2D eigenvalue weighted by Crippen LogP contribution is 2.20. The first-order valence-electron chi connectivity index (χ1n) is 9.06. The molecule has 2 aromatic rings. The monoisotopic (exact) mass is 352 g/mol. The summed E-state index contributed by atoms with van der Waals surface area (Å²) in [5, 5.41) is 2.87. The molecule has 26 heavy (non-hydrogen) atoms. The Bertz CT molecular complexity index is 719. The number of anilines is 1. The van der Waals surface area contributed by atoms with Gasteiger partial charge in [-0.1, -0.05) is 48.5 Å². The maximum atomic E-state index is 12.0. The molecule has 3 rings (SSSR count). The van der Waals surface area contributed by atoms with Crippen molar-refractivity contribution in [2.24, 2.45) is 0 Å². The number of unbranched alkanes of at least 4 members (excludes halogenated alkanes) is 1. The van der Waals surface area contributed by atoms with E-state index in [1.807, 2.05) is 48.5 Å². The molecule has 5 heteroatoms. The van der Waals surface area contributed by atoms with Gasteiger partial charge in [0.1, 0.15) is 6.10 Å². The first-order chi connectivity index (χ1) is 12.7. The fourth-order valence-electron chi connectivity index (χ4n) is 3.02. The summed E-state index contributed by atoms with van der Waals surface area (Å²) in [4.78, 5) is 25.5. The van der Waals surface area contributed by atoms with Crippen molar-refractivity contribution in [3.8, 4) is 0 Å². The maximum Gasteiger partial charge on any atom is 0.414 e. The summed E-state index contributed by atoms with van der Waals surface area (Å²) >= 11 is 0. The van der Waals surface area contributed by atoms with Crippen LogP contribution in [0, 0.1) is 0 Å². The van der Waals surface area contributed by atoms with E-state index in [4.69, 9.17) is 4.74 Å². The summed E-state index contributed by atoms with van der Waals surface area (Å²) in [5.41, 5.74) is 2.11. The summed E-state index contributed by atoms with van der Waals surface area (Å²) in [7, 11) is 0. The van der Waals surface area contributed by atoms with Crippen LogP contribution in [0.1, 0.15) is 24.8 Å². The Balaban J connectivity index is 1.34. The van der Waals surface area contributed by atoms with Crippen molar-refractivity contribution in [1.29, 1.82) is 0 Å². The van der Waals surface area contributed by atoms with Crippen LogP contribution >= 0.6 is 0 Å². The Morgan fingerprint density at radius 3 is 2.46 bits per heavy atom. The SMILES string of the molecule is O=C(CCCCc1ccccc1)NCC1CN(c2ccccc2)C(=O)O1. The molecule has 1 N–H and O–H groups in total. The van der Waals surface area contributed by atoms with Crippen LogP contribution in [0.3, 0.4) is 0 Å². The molecule has 0 spiro atoms. The number of aryl methyl sites for hydroxylation is 1. The third-order valence-electron chi connectivity index (χ3n) is 4.43. The van der Waals surface area contributed by atoms with E-state index in [9.17, 15) is 9.59 Å². The van der Waals surface area contributed by atoms with Gasteiger partial charge in [-0.15, -0.1) is 0 Å². The molecule has 0 aromatic heterocycles. The fraction of sp³-hybridized carbons (Fsp3) is 0.333. The summed E-state index contributed by atoms with van der Waals surface area (Å²) in [6, 6.07) is 19.7. The molecule has 2 amide bonds. The van der Waals surface area contributed by atoms with Crippen LogP contribution in [0.5, 0.6) is 0 Å². The zero-order valence-corrected chi connectivity index (χ0v) is 14.8. The highest BCUT2D eigenvalue weighted by Gasteiger charge is 2.32. The Hall–Kier alpha value is -2.82. The van der Waals surface area contributed by atoms with Crippen molar-refractivity contribution in [2.75, 3.05) is 18.0 Å². The lowest BCUT2D eigenvalue weighted by Gasteiger charge is -2.12. The van der Waals surface area contributed by atoms with Gasteiger partial charge in [0.2, 0.25) is 5.91 Å². The van der Waals surface area contributed by atoms with Crippen LogP contribution in [0.2, 0.25) is 0 Å². The van der Waals surface area contributed by atoms with Crippen LogP contribution in [0.15, 0.2) is 60.7 Å². The van der Waals surface area contributed by atoms with Crippen molar-refractivity contribution >= 4 is 17.7 Å². The van der Waals surface area contributed by atoms with Gasteiger partial charge in [0.25, 0.3) is 0 Å². The highest BCUT2D eigenvalue weighted by molar-refractivity contribution is 5.89. The minimum atomic E-state index is -0.363. The van der Waals surface area contributed by atoms with Crippen LogP contribution in [-0.4, -0.2) is 31.2 Å².